The number of hydrogen-bond acceptors (Lipinski definition) is 4. The van der Waals surface area contributed by atoms with Crippen LogP contribution in [0.3, 0.4) is 0 Å². The van der Waals surface area contributed by atoms with E-state index in [9.17, 15) is 9.18 Å². The van der Waals surface area contributed by atoms with Crippen molar-refractivity contribution in [2.24, 2.45) is 0 Å². The molecular weight excluding hydrogens is 231 g/mol. The van der Waals surface area contributed by atoms with E-state index in [-0.39, 0.29) is 18.3 Å². The number of thioether (sulfide) groups is 1. The van der Waals surface area contributed by atoms with E-state index < -0.39 is 5.82 Å². The minimum atomic E-state index is -0.419. The van der Waals surface area contributed by atoms with E-state index in [4.69, 9.17) is 9.84 Å². The molecule has 0 bridgehead atoms. The molecule has 3 nitrogen and oxygen atoms in total. The predicted molar refractivity (Wildman–Crippen MR) is 59.7 cm³/mol. The Bertz CT molecular complexity index is 368. The number of carbonyl (C=O) groups is 1. The molecule has 1 N–H and O–H groups in total. The highest BCUT2D eigenvalue weighted by Gasteiger charge is 2.05. The largest absolute Gasteiger partial charge is 0.465 e. The summed E-state index contributed by atoms with van der Waals surface area (Å²) in [7, 11) is 0. The summed E-state index contributed by atoms with van der Waals surface area (Å²) in [6.07, 6.45) is 0. The van der Waals surface area contributed by atoms with Crippen molar-refractivity contribution in [1.29, 1.82) is 0 Å². The molecule has 0 fully saturated rings. The Hall–Kier alpha value is -1.07. The second-order valence-electron chi connectivity index (χ2n) is 3.05. The Morgan fingerprint density at radius 3 is 2.88 bits per heavy atom. The van der Waals surface area contributed by atoms with Crippen LogP contribution in [0.1, 0.15) is 12.5 Å². The minimum absolute atomic E-state index is 0.141. The van der Waals surface area contributed by atoms with Gasteiger partial charge in [0.25, 0.3) is 0 Å². The van der Waals surface area contributed by atoms with E-state index in [0.717, 1.165) is 0 Å². The third-order valence-electron chi connectivity index (χ3n) is 1.78. The number of rotatable bonds is 5. The number of esters is 1. The molecule has 0 aliphatic rings. The number of halogens is 1. The maximum atomic E-state index is 13.0. The summed E-state index contributed by atoms with van der Waals surface area (Å²) in [5.41, 5.74) is 0.492. The van der Waals surface area contributed by atoms with Gasteiger partial charge >= 0.3 is 5.97 Å². The fourth-order valence-electron chi connectivity index (χ4n) is 1.14. The molecule has 0 radical (unpaired) electrons. The first-order valence-corrected chi connectivity index (χ1v) is 5.83. The zero-order valence-corrected chi connectivity index (χ0v) is 9.72. The molecular formula is C11H13FO3S. The molecule has 0 atom stereocenters. The Labute approximate surface area is 97.6 Å². The standard InChI is InChI=1S/C11H13FO3S/c1-2-15-11(14)7-16-10-4-8(6-13)3-9(12)5-10/h3-5,13H,2,6-7H2,1H3. The number of aliphatic hydroxyl groups is 1. The second-order valence-corrected chi connectivity index (χ2v) is 4.10. The number of benzene rings is 1. The molecule has 5 heteroatoms. The normalized spacial score (nSPS) is 10.2. The molecule has 16 heavy (non-hydrogen) atoms. The first-order valence-electron chi connectivity index (χ1n) is 4.84. The van der Waals surface area contributed by atoms with Gasteiger partial charge in [-0.05, 0) is 30.7 Å². The molecule has 1 rings (SSSR count). The van der Waals surface area contributed by atoms with Gasteiger partial charge in [0.1, 0.15) is 5.82 Å². The summed E-state index contributed by atoms with van der Waals surface area (Å²) in [6, 6.07) is 4.23. The van der Waals surface area contributed by atoms with Crippen molar-refractivity contribution in [3.05, 3.63) is 29.6 Å². The molecule has 0 spiro atoms. The lowest BCUT2D eigenvalue weighted by molar-refractivity contribution is -0.139. The zero-order chi connectivity index (χ0) is 12.0. The van der Waals surface area contributed by atoms with Gasteiger partial charge in [0.15, 0.2) is 0 Å². The Morgan fingerprint density at radius 1 is 1.50 bits per heavy atom. The van der Waals surface area contributed by atoms with Gasteiger partial charge in [-0.3, -0.25) is 4.79 Å². The van der Waals surface area contributed by atoms with Crippen LogP contribution in [0.25, 0.3) is 0 Å². The van der Waals surface area contributed by atoms with Crippen molar-refractivity contribution in [3.8, 4) is 0 Å². The second kappa shape index (κ2) is 6.50. The average Bonchev–Trinajstić information content (AvgIpc) is 2.26. The summed E-state index contributed by atoms with van der Waals surface area (Å²) >= 11 is 1.19. The molecule has 0 aliphatic heterocycles. The Kier molecular flexibility index (Phi) is 5.28. The molecule has 0 amide bonds. The molecule has 0 aromatic heterocycles. The van der Waals surface area contributed by atoms with Crippen molar-refractivity contribution in [1.82, 2.24) is 0 Å². The number of carbonyl (C=O) groups excluding carboxylic acids is 1. The first kappa shape index (κ1) is 13.0. The third kappa shape index (κ3) is 4.20. The Balaban J connectivity index is 2.59. The lowest BCUT2D eigenvalue weighted by atomic mass is 10.2. The maximum Gasteiger partial charge on any atom is 0.316 e. The molecule has 0 saturated heterocycles. The molecule has 1 aromatic rings. The van der Waals surface area contributed by atoms with Gasteiger partial charge in [-0.25, -0.2) is 4.39 Å². The topological polar surface area (TPSA) is 46.5 Å². The summed E-state index contributed by atoms with van der Waals surface area (Å²) in [4.78, 5) is 11.7. The van der Waals surface area contributed by atoms with Crippen LogP contribution in [-0.4, -0.2) is 23.4 Å². The van der Waals surface area contributed by atoms with Gasteiger partial charge < -0.3 is 9.84 Å². The zero-order valence-electron chi connectivity index (χ0n) is 8.90. The number of ether oxygens (including phenoxy) is 1. The van der Waals surface area contributed by atoms with E-state index in [1.807, 2.05) is 0 Å². The fourth-order valence-corrected chi connectivity index (χ4v) is 1.94. The number of aliphatic hydroxyl groups excluding tert-OH is 1. The lowest BCUT2D eigenvalue weighted by Gasteiger charge is -2.04. The van der Waals surface area contributed by atoms with Gasteiger partial charge in [-0.15, -0.1) is 11.8 Å². The quantitative estimate of drug-likeness (QED) is 0.635. The molecule has 0 heterocycles. The highest BCUT2D eigenvalue weighted by atomic mass is 32.2. The van der Waals surface area contributed by atoms with Gasteiger partial charge in [-0.1, -0.05) is 0 Å². The van der Waals surface area contributed by atoms with Crippen LogP contribution in [-0.2, 0) is 16.1 Å². The van der Waals surface area contributed by atoms with Crippen LogP contribution in [0.2, 0.25) is 0 Å². The smallest absolute Gasteiger partial charge is 0.316 e. The van der Waals surface area contributed by atoms with E-state index in [1.165, 1.54) is 23.9 Å². The van der Waals surface area contributed by atoms with Crippen LogP contribution in [0.15, 0.2) is 23.1 Å². The predicted octanol–water partition coefficient (Wildman–Crippen LogP) is 1.97. The van der Waals surface area contributed by atoms with E-state index >= 15 is 0 Å². The molecule has 1 aromatic carbocycles. The van der Waals surface area contributed by atoms with Crippen LogP contribution in [0.5, 0.6) is 0 Å². The Morgan fingerprint density at radius 2 is 2.25 bits per heavy atom. The van der Waals surface area contributed by atoms with E-state index in [1.54, 1.807) is 13.0 Å². The third-order valence-corrected chi connectivity index (χ3v) is 2.72. The first-order chi connectivity index (χ1) is 7.65. The molecule has 0 aliphatic carbocycles. The van der Waals surface area contributed by atoms with Gasteiger partial charge in [0, 0.05) is 4.90 Å². The van der Waals surface area contributed by atoms with Crippen molar-refractivity contribution in [2.75, 3.05) is 12.4 Å². The van der Waals surface area contributed by atoms with Crippen molar-refractivity contribution in [3.63, 3.8) is 0 Å². The highest BCUT2D eigenvalue weighted by Crippen LogP contribution is 2.21. The fraction of sp³-hybridized carbons (Fsp3) is 0.364. The van der Waals surface area contributed by atoms with Crippen molar-refractivity contribution in [2.45, 2.75) is 18.4 Å². The minimum Gasteiger partial charge on any atom is -0.465 e. The van der Waals surface area contributed by atoms with Crippen molar-refractivity contribution >= 4 is 17.7 Å². The summed E-state index contributed by atoms with van der Waals surface area (Å²) in [6.45, 7) is 1.85. The van der Waals surface area contributed by atoms with Gasteiger partial charge in [0.05, 0.1) is 19.0 Å². The van der Waals surface area contributed by atoms with Crippen molar-refractivity contribution < 1.29 is 19.0 Å². The summed E-state index contributed by atoms with van der Waals surface area (Å²) < 4.78 is 17.8. The van der Waals surface area contributed by atoms with Crippen LogP contribution in [0, 0.1) is 5.82 Å². The van der Waals surface area contributed by atoms with Crippen LogP contribution >= 0.6 is 11.8 Å². The summed E-state index contributed by atoms with van der Waals surface area (Å²) in [5, 5.41) is 8.88. The van der Waals surface area contributed by atoms with Gasteiger partial charge in [-0.2, -0.15) is 0 Å². The van der Waals surface area contributed by atoms with E-state index in [2.05, 4.69) is 0 Å². The highest BCUT2D eigenvalue weighted by molar-refractivity contribution is 8.00. The molecule has 0 unspecified atom stereocenters. The summed E-state index contributed by atoms with van der Waals surface area (Å²) in [5.74, 6) is -0.609. The molecule has 88 valence electrons. The average molecular weight is 244 g/mol. The maximum absolute atomic E-state index is 13.0. The van der Waals surface area contributed by atoms with Gasteiger partial charge in [0.2, 0.25) is 0 Å². The SMILES string of the molecule is CCOC(=O)CSc1cc(F)cc(CO)c1. The lowest BCUT2D eigenvalue weighted by Crippen LogP contribution is -2.06. The van der Waals surface area contributed by atoms with Crippen LogP contribution < -0.4 is 0 Å². The number of hydrogen-bond donors (Lipinski definition) is 1. The van der Waals surface area contributed by atoms with Crippen LogP contribution in [0.4, 0.5) is 4.39 Å². The van der Waals surface area contributed by atoms with E-state index in [0.29, 0.717) is 17.1 Å². The molecule has 0 saturated carbocycles. The monoisotopic (exact) mass is 244 g/mol.